The van der Waals surface area contributed by atoms with Gasteiger partial charge in [0, 0.05) is 17.3 Å². The van der Waals surface area contributed by atoms with Gasteiger partial charge in [-0.2, -0.15) is 0 Å². The molecule has 0 aliphatic carbocycles. The molecule has 0 aliphatic rings. The molecule has 0 saturated heterocycles. The zero-order valence-electron chi connectivity index (χ0n) is 12.5. The third kappa shape index (κ3) is 4.12. The maximum absolute atomic E-state index is 11.4. The Kier molecular flexibility index (Phi) is 4.75. The van der Waals surface area contributed by atoms with Gasteiger partial charge in [0.25, 0.3) is 0 Å². The average Bonchev–Trinajstić information content (AvgIpc) is 2.88. The Morgan fingerprint density at radius 1 is 1.33 bits per heavy atom. The molecule has 2 rings (SSSR count). The van der Waals surface area contributed by atoms with E-state index in [1.54, 1.807) is 11.3 Å². The van der Waals surface area contributed by atoms with Crippen molar-refractivity contribution in [2.24, 2.45) is 0 Å². The lowest BCUT2D eigenvalue weighted by atomic mass is 9.93. The van der Waals surface area contributed by atoms with E-state index >= 15 is 0 Å². The van der Waals surface area contributed by atoms with Crippen molar-refractivity contribution in [3.8, 4) is 0 Å². The Morgan fingerprint density at radius 2 is 2.00 bits per heavy atom. The first kappa shape index (κ1) is 15.7. The molecule has 21 heavy (non-hydrogen) atoms. The van der Waals surface area contributed by atoms with Crippen molar-refractivity contribution in [3.63, 3.8) is 0 Å². The van der Waals surface area contributed by atoms with Crippen molar-refractivity contribution in [2.45, 2.75) is 38.8 Å². The van der Waals surface area contributed by atoms with Gasteiger partial charge in [-0.05, 0) is 5.56 Å². The number of carbonyl (C=O) groups is 1. The van der Waals surface area contributed by atoms with E-state index in [1.165, 1.54) is 0 Å². The van der Waals surface area contributed by atoms with Gasteiger partial charge >= 0.3 is 5.97 Å². The number of aromatic nitrogens is 1. The monoisotopic (exact) mass is 304 g/mol. The summed E-state index contributed by atoms with van der Waals surface area (Å²) in [6.07, 6.45) is 0. The van der Waals surface area contributed by atoms with Gasteiger partial charge in [-0.25, -0.2) is 4.98 Å². The molecule has 1 aromatic heterocycles. The molecule has 5 heteroatoms. The van der Waals surface area contributed by atoms with Crippen LogP contribution < -0.4 is 5.32 Å². The number of aliphatic carboxylic acids is 1. The molecular weight excluding hydrogens is 284 g/mol. The molecular formula is C16H20N2O2S. The van der Waals surface area contributed by atoms with Crippen LogP contribution >= 0.6 is 11.3 Å². The SMILES string of the molecule is CC(C)(C)c1csc(CNC(C(=O)O)c2ccccc2)n1. The van der Waals surface area contributed by atoms with Crippen LogP contribution in [0.3, 0.4) is 0 Å². The van der Waals surface area contributed by atoms with E-state index in [4.69, 9.17) is 0 Å². The summed E-state index contributed by atoms with van der Waals surface area (Å²) in [6, 6.07) is 8.47. The van der Waals surface area contributed by atoms with Crippen LogP contribution in [0, 0.1) is 0 Å². The minimum absolute atomic E-state index is 0.0143. The van der Waals surface area contributed by atoms with Crippen LogP contribution in [-0.2, 0) is 16.8 Å². The van der Waals surface area contributed by atoms with Gasteiger partial charge in [0.05, 0.1) is 5.69 Å². The number of benzene rings is 1. The summed E-state index contributed by atoms with van der Waals surface area (Å²) >= 11 is 1.56. The number of thiazole rings is 1. The summed E-state index contributed by atoms with van der Waals surface area (Å²) < 4.78 is 0. The van der Waals surface area contributed by atoms with Crippen molar-refractivity contribution in [3.05, 3.63) is 52.0 Å². The van der Waals surface area contributed by atoms with Crippen LogP contribution in [0.4, 0.5) is 0 Å². The molecule has 0 saturated carbocycles. The fourth-order valence-electron chi connectivity index (χ4n) is 1.92. The third-order valence-corrected chi connectivity index (χ3v) is 4.01. The number of rotatable bonds is 5. The van der Waals surface area contributed by atoms with Gasteiger partial charge in [-0.3, -0.25) is 10.1 Å². The van der Waals surface area contributed by atoms with Crippen LogP contribution in [0.25, 0.3) is 0 Å². The van der Waals surface area contributed by atoms with Gasteiger partial charge in [-0.1, -0.05) is 51.1 Å². The highest BCUT2D eigenvalue weighted by Gasteiger charge is 2.21. The Morgan fingerprint density at radius 3 is 2.52 bits per heavy atom. The molecule has 0 amide bonds. The highest BCUT2D eigenvalue weighted by atomic mass is 32.1. The number of carboxylic acid groups (broad SMARTS) is 1. The summed E-state index contributed by atoms with van der Waals surface area (Å²) in [5.74, 6) is -0.881. The molecule has 0 fully saturated rings. The lowest BCUT2D eigenvalue weighted by Crippen LogP contribution is -2.28. The number of nitrogens with one attached hydrogen (secondary N) is 1. The van der Waals surface area contributed by atoms with Crippen molar-refractivity contribution < 1.29 is 9.90 Å². The fraction of sp³-hybridized carbons (Fsp3) is 0.375. The zero-order chi connectivity index (χ0) is 15.5. The van der Waals surface area contributed by atoms with E-state index in [2.05, 4.69) is 31.1 Å². The Labute approximate surface area is 128 Å². The molecule has 2 N–H and O–H groups in total. The molecule has 112 valence electrons. The van der Waals surface area contributed by atoms with E-state index in [9.17, 15) is 9.90 Å². The molecule has 1 unspecified atom stereocenters. The second-order valence-corrected chi connectivity index (χ2v) is 6.88. The van der Waals surface area contributed by atoms with E-state index in [-0.39, 0.29) is 5.41 Å². The minimum atomic E-state index is -0.881. The largest absolute Gasteiger partial charge is 0.480 e. The predicted octanol–water partition coefficient (Wildman–Crippen LogP) is 3.36. The van der Waals surface area contributed by atoms with Gasteiger partial charge in [-0.15, -0.1) is 11.3 Å². The first-order chi connectivity index (χ1) is 9.88. The maximum atomic E-state index is 11.4. The first-order valence-corrected chi connectivity index (χ1v) is 7.72. The number of hydrogen-bond donors (Lipinski definition) is 2. The second kappa shape index (κ2) is 6.37. The van der Waals surface area contributed by atoms with Gasteiger partial charge in [0.1, 0.15) is 11.0 Å². The number of nitrogens with zero attached hydrogens (tertiary/aromatic N) is 1. The van der Waals surface area contributed by atoms with Crippen LogP contribution in [0.2, 0.25) is 0 Å². The molecule has 0 bridgehead atoms. The third-order valence-electron chi connectivity index (χ3n) is 3.16. The Bertz CT molecular complexity index is 602. The molecule has 1 aromatic carbocycles. The maximum Gasteiger partial charge on any atom is 0.325 e. The van der Waals surface area contributed by atoms with E-state index < -0.39 is 12.0 Å². The van der Waals surface area contributed by atoms with Crippen LogP contribution in [-0.4, -0.2) is 16.1 Å². The Balaban J connectivity index is 2.06. The summed E-state index contributed by atoms with van der Waals surface area (Å²) in [4.78, 5) is 16.0. The highest BCUT2D eigenvalue weighted by molar-refractivity contribution is 7.09. The quantitative estimate of drug-likeness (QED) is 0.889. The van der Waals surface area contributed by atoms with Gasteiger partial charge in [0.15, 0.2) is 0 Å². The Hall–Kier alpha value is -1.72. The summed E-state index contributed by atoms with van der Waals surface area (Å²) in [6.45, 7) is 6.79. The smallest absolute Gasteiger partial charge is 0.325 e. The van der Waals surface area contributed by atoms with Crippen LogP contribution in [0.5, 0.6) is 0 Å². The molecule has 1 atom stereocenters. The summed E-state index contributed by atoms with van der Waals surface area (Å²) in [7, 11) is 0. The standard InChI is InChI=1S/C16H20N2O2S/c1-16(2,3)12-10-21-13(18-12)9-17-14(15(19)20)11-7-5-4-6-8-11/h4-8,10,14,17H,9H2,1-3H3,(H,19,20). The zero-order valence-corrected chi connectivity index (χ0v) is 13.3. The molecule has 0 aliphatic heterocycles. The normalized spacial score (nSPS) is 13.1. The van der Waals surface area contributed by atoms with Crippen molar-refractivity contribution in [2.75, 3.05) is 0 Å². The molecule has 0 spiro atoms. The van der Waals surface area contributed by atoms with Crippen molar-refractivity contribution in [1.82, 2.24) is 10.3 Å². The molecule has 2 aromatic rings. The first-order valence-electron chi connectivity index (χ1n) is 6.84. The molecule has 4 nitrogen and oxygen atoms in total. The average molecular weight is 304 g/mol. The second-order valence-electron chi connectivity index (χ2n) is 5.94. The molecule has 1 heterocycles. The lowest BCUT2D eigenvalue weighted by Gasteiger charge is -2.15. The van der Waals surface area contributed by atoms with Crippen LogP contribution in [0.15, 0.2) is 35.7 Å². The minimum Gasteiger partial charge on any atom is -0.480 e. The molecule has 0 radical (unpaired) electrons. The topological polar surface area (TPSA) is 62.2 Å². The van der Waals surface area contributed by atoms with E-state index in [1.807, 2.05) is 35.7 Å². The van der Waals surface area contributed by atoms with E-state index in [0.717, 1.165) is 16.3 Å². The highest BCUT2D eigenvalue weighted by Crippen LogP contribution is 2.24. The van der Waals surface area contributed by atoms with Crippen molar-refractivity contribution in [1.29, 1.82) is 0 Å². The summed E-state index contributed by atoms with van der Waals surface area (Å²) in [5.41, 5.74) is 1.80. The van der Waals surface area contributed by atoms with Crippen LogP contribution in [0.1, 0.15) is 43.1 Å². The number of hydrogen-bond acceptors (Lipinski definition) is 4. The van der Waals surface area contributed by atoms with Crippen molar-refractivity contribution >= 4 is 17.3 Å². The predicted molar refractivity (Wildman–Crippen MR) is 84.5 cm³/mol. The van der Waals surface area contributed by atoms with Gasteiger partial charge < -0.3 is 5.11 Å². The summed E-state index contributed by atoms with van der Waals surface area (Å²) in [5, 5.41) is 15.4. The van der Waals surface area contributed by atoms with Gasteiger partial charge in [0.2, 0.25) is 0 Å². The van der Waals surface area contributed by atoms with E-state index in [0.29, 0.717) is 6.54 Å². The lowest BCUT2D eigenvalue weighted by molar-refractivity contribution is -0.139. The fourth-order valence-corrected chi connectivity index (χ4v) is 2.89. The number of carboxylic acids is 1.